The second-order valence-electron chi connectivity index (χ2n) is 6.21. The summed E-state index contributed by atoms with van der Waals surface area (Å²) >= 11 is 1.47. The Bertz CT molecular complexity index is 782. The molecule has 3 rings (SSSR count). The summed E-state index contributed by atoms with van der Waals surface area (Å²) in [5.74, 6) is 1.61. The minimum Gasteiger partial charge on any atom is -0.497 e. The smallest absolute Gasteiger partial charge is 0.250 e. The topological polar surface area (TPSA) is 73.3 Å². The second-order valence-corrected chi connectivity index (χ2v) is 7.22. The number of methoxy groups -OCH3 is 2. The van der Waals surface area contributed by atoms with Gasteiger partial charge >= 0.3 is 0 Å². The fourth-order valence-corrected chi connectivity index (χ4v) is 4.00. The van der Waals surface area contributed by atoms with Crippen molar-refractivity contribution in [1.82, 2.24) is 10.2 Å². The number of anilines is 1. The van der Waals surface area contributed by atoms with E-state index in [1.807, 2.05) is 12.1 Å². The van der Waals surface area contributed by atoms with E-state index in [1.165, 1.54) is 36.7 Å². The molecule has 0 unspecified atom stereocenters. The molecule has 26 heavy (non-hydrogen) atoms. The molecule has 1 aromatic carbocycles. The van der Waals surface area contributed by atoms with E-state index in [2.05, 4.69) is 15.5 Å². The SMILES string of the molecule is COc1ccc(OC)c(/C=C/C(=O)Nc2nnc(C3CCCCC3)s2)c1. The fourth-order valence-electron chi connectivity index (χ4n) is 3.08. The zero-order chi connectivity index (χ0) is 18.4. The third-order valence-electron chi connectivity index (χ3n) is 4.48. The molecule has 0 atom stereocenters. The number of nitrogens with zero attached hydrogens (tertiary/aromatic N) is 2. The minimum absolute atomic E-state index is 0.249. The summed E-state index contributed by atoms with van der Waals surface area (Å²) in [7, 11) is 3.19. The Morgan fingerprint density at radius 1 is 1.19 bits per heavy atom. The van der Waals surface area contributed by atoms with Crippen molar-refractivity contribution < 1.29 is 14.3 Å². The lowest BCUT2D eigenvalue weighted by Crippen LogP contribution is -2.07. The molecule has 1 aliphatic rings. The van der Waals surface area contributed by atoms with Gasteiger partial charge in [-0.3, -0.25) is 10.1 Å². The third kappa shape index (κ3) is 4.60. The van der Waals surface area contributed by atoms with Crippen molar-refractivity contribution in [2.75, 3.05) is 19.5 Å². The Labute approximate surface area is 157 Å². The number of hydrogen-bond donors (Lipinski definition) is 1. The van der Waals surface area contributed by atoms with Gasteiger partial charge in [0.25, 0.3) is 0 Å². The van der Waals surface area contributed by atoms with Gasteiger partial charge < -0.3 is 9.47 Å². The highest BCUT2D eigenvalue weighted by molar-refractivity contribution is 7.15. The molecule has 2 aromatic rings. The van der Waals surface area contributed by atoms with Gasteiger partial charge in [-0.25, -0.2) is 0 Å². The van der Waals surface area contributed by atoms with E-state index in [1.54, 1.807) is 26.4 Å². The molecule has 6 nitrogen and oxygen atoms in total. The summed E-state index contributed by atoms with van der Waals surface area (Å²) in [4.78, 5) is 12.2. The van der Waals surface area contributed by atoms with E-state index in [0.29, 0.717) is 22.5 Å². The molecule has 1 aromatic heterocycles. The van der Waals surface area contributed by atoms with Crippen molar-refractivity contribution in [2.45, 2.75) is 38.0 Å². The molecule has 138 valence electrons. The summed E-state index contributed by atoms with van der Waals surface area (Å²) in [6.07, 6.45) is 9.28. The van der Waals surface area contributed by atoms with E-state index < -0.39 is 0 Å². The number of carbonyl (C=O) groups is 1. The van der Waals surface area contributed by atoms with Gasteiger partial charge in [-0.05, 0) is 37.1 Å². The maximum absolute atomic E-state index is 12.2. The van der Waals surface area contributed by atoms with Crippen LogP contribution in [0, 0.1) is 0 Å². The van der Waals surface area contributed by atoms with Gasteiger partial charge in [0, 0.05) is 17.6 Å². The molecular formula is C19H23N3O3S. The molecule has 0 radical (unpaired) electrons. The number of carbonyl (C=O) groups excluding carboxylic acids is 1. The average Bonchev–Trinajstić information content (AvgIpc) is 3.15. The zero-order valence-electron chi connectivity index (χ0n) is 15.0. The number of benzene rings is 1. The Hall–Kier alpha value is -2.41. The van der Waals surface area contributed by atoms with Crippen molar-refractivity contribution in [2.24, 2.45) is 0 Å². The van der Waals surface area contributed by atoms with Gasteiger partial charge in [-0.15, -0.1) is 10.2 Å². The lowest BCUT2D eigenvalue weighted by Gasteiger charge is -2.18. The summed E-state index contributed by atoms with van der Waals surface area (Å²) < 4.78 is 10.5. The van der Waals surface area contributed by atoms with Crippen molar-refractivity contribution >= 4 is 28.5 Å². The molecule has 0 bridgehead atoms. The molecule has 0 spiro atoms. The highest BCUT2D eigenvalue weighted by Gasteiger charge is 2.20. The number of ether oxygens (including phenoxy) is 2. The second kappa shape index (κ2) is 8.80. The van der Waals surface area contributed by atoms with Gasteiger partial charge in [0.1, 0.15) is 16.5 Å². The number of hydrogen-bond acceptors (Lipinski definition) is 6. The predicted molar refractivity (Wildman–Crippen MR) is 103 cm³/mol. The van der Waals surface area contributed by atoms with Crippen LogP contribution in [0.1, 0.15) is 48.6 Å². The van der Waals surface area contributed by atoms with Crippen LogP contribution >= 0.6 is 11.3 Å². The minimum atomic E-state index is -0.249. The number of nitrogens with one attached hydrogen (secondary N) is 1. The Morgan fingerprint density at radius 3 is 2.73 bits per heavy atom. The van der Waals surface area contributed by atoms with E-state index >= 15 is 0 Å². The Kier molecular flexibility index (Phi) is 6.22. The fraction of sp³-hybridized carbons (Fsp3) is 0.421. The molecule has 1 heterocycles. The van der Waals surface area contributed by atoms with Gasteiger partial charge in [-0.1, -0.05) is 30.6 Å². The van der Waals surface area contributed by atoms with Crippen molar-refractivity contribution in [3.63, 3.8) is 0 Å². The summed E-state index contributed by atoms with van der Waals surface area (Å²) in [5.41, 5.74) is 0.766. The highest BCUT2D eigenvalue weighted by atomic mass is 32.1. The van der Waals surface area contributed by atoms with Crippen LogP contribution in [0.15, 0.2) is 24.3 Å². The first kappa shape index (κ1) is 18.4. The largest absolute Gasteiger partial charge is 0.497 e. The first-order valence-electron chi connectivity index (χ1n) is 8.74. The lowest BCUT2D eigenvalue weighted by molar-refractivity contribution is -0.111. The summed E-state index contributed by atoms with van der Waals surface area (Å²) in [6.45, 7) is 0. The van der Waals surface area contributed by atoms with Crippen LogP contribution in [0.25, 0.3) is 6.08 Å². The van der Waals surface area contributed by atoms with E-state index in [9.17, 15) is 4.79 Å². The number of rotatable bonds is 6. The van der Waals surface area contributed by atoms with Crippen LogP contribution in [-0.2, 0) is 4.79 Å². The van der Waals surface area contributed by atoms with Crippen LogP contribution in [0.4, 0.5) is 5.13 Å². The van der Waals surface area contributed by atoms with Crippen molar-refractivity contribution in [1.29, 1.82) is 0 Å². The maximum atomic E-state index is 12.2. The molecule has 0 saturated heterocycles. The van der Waals surface area contributed by atoms with Crippen molar-refractivity contribution in [3.8, 4) is 11.5 Å². The number of aromatic nitrogens is 2. The standard InChI is InChI=1S/C19H23N3O3S/c1-24-15-9-10-16(25-2)14(12-15)8-11-17(23)20-19-22-21-18(26-19)13-6-4-3-5-7-13/h8-13H,3-7H2,1-2H3,(H,20,22,23)/b11-8+. The maximum Gasteiger partial charge on any atom is 0.250 e. The highest BCUT2D eigenvalue weighted by Crippen LogP contribution is 2.35. The predicted octanol–water partition coefficient (Wildman–Crippen LogP) is 4.25. The third-order valence-corrected chi connectivity index (χ3v) is 5.48. The van der Waals surface area contributed by atoms with Gasteiger partial charge in [0.15, 0.2) is 0 Å². The molecular weight excluding hydrogens is 350 g/mol. The Morgan fingerprint density at radius 2 is 2.00 bits per heavy atom. The first-order valence-corrected chi connectivity index (χ1v) is 9.55. The molecule has 1 N–H and O–H groups in total. The van der Waals surface area contributed by atoms with Gasteiger partial charge in [-0.2, -0.15) is 0 Å². The van der Waals surface area contributed by atoms with Crippen LogP contribution < -0.4 is 14.8 Å². The Balaban J connectivity index is 1.64. The molecule has 1 saturated carbocycles. The molecule has 1 fully saturated rings. The molecule has 1 amide bonds. The monoisotopic (exact) mass is 373 g/mol. The number of amides is 1. The van der Waals surface area contributed by atoms with E-state index in [-0.39, 0.29) is 5.91 Å². The first-order chi connectivity index (χ1) is 12.7. The van der Waals surface area contributed by atoms with Crippen LogP contribution in [0.3, 0.4) is 0 Å². The average molecular weight is 373 g/mol. The normalized spacial score (nSPS) is 15.2. The van der Waals surface area contributed by atoms with Crippen LogP contribution in [0.5, 0.6) is 11.5 Å². The van der Waals surface area contributed by atoms with E-state index in [4.69, 9.17) is 9.47 Å². The quantitative estimate of drug-likeness (QED) is 0.766. The summed E-state index contributed by atoms with van der Waals surface area (Å²) in [5, 5.41) is 12.7. The van der Waals surface area contributed by atoms with Crippen LogP contribution in [0.2, 0.25) is 0 Å². The lowest BCUT2D eigenvalue weighted by atomic mass is 9.90. The molecule has 1 aliphatic carbocycles. The van der Waals surface area contributed by atoms with E-state index in [0.717, 1.165) is 23.4 Å². The molecule has 0 aliphatic heterocycles. The van der Waals surface area contributed by atoms with Crippen molar-refractivity contribution in [3.05, 3.63) is 34.8 Å². The molecule has 7 heteroatoms. The van der Waals surface area contributed by atoms with Gasteiger partial charge in [0.05, 0.1) is 14.2 Å². The zero-order valence-corrected chi connectivity index (χ0v) is 15.8. The van der Waals surface area contributed by atoms with Crippen LogP contribution in [-0.4, -0.2) is 30.3 Å². The summed E-state index contributed by atoms with van der Waals surface area (Å²) in [6, 6.07) is 5.43. The van der Waals surface area contributed by atoms with Gasteiger partial charge in [0.2, 0.25) is 11.0 Å².